The van der Waals surface area contributed by atoms with E-state index in [1.165, 1.54) is 154 Å². The van der Waals surface area contributed by atoms with Crippen LogP contribution in [0.5, 0.6) is 0 Å². The summed E-state index contributed by atoms with van der Waals surface area (Å²) in [6, 6.07) is 21.3. The van der Waals surface area contributed by atoms with Gasteiger partial charge in [0.15, 0.2) is 0 Å². The largest absolute Gasteiger partial charge is 0.393 e. The first kappa shape index (κ1) is 57.7. The van der Waals surface area contributed by atoms with E-state index in [0.717, 1.165) is 117 Å². The smallest absolute Gasteiger partial charge is 0.0646 e. The maximum absolute atomic E-state index is 10.3. The second-order valence-corrected chi connectivity index (χ2v) is 33.4. The molecule has 3 aromatic carbocycles. The Kier molecular flexibility index (Phi) is 14.1. The molecule has 0 unspecified atom stereocenters. The Morgan fingerprint density at radius 2 is 0.862 bits per heavy atom. The molecule has 6 heteroatoms. The molecule has 8 fully saturated rings. The minimum Gasteiger partial charge on any atom is -0.393 e. The zero-order valence-corrected chi connectivity index (χ0v) is 53.9. The van der Waals surface area contributed by atoms with Crippen LogP contribution in [0.2, 0.25) is 0 Å². The van der Waals surface area contributed by atoms with E-state index in [4.69, 9.17) is 0 Å². The molecular formula is C81H103N3O3. The quantitative estimate of drug-likeness (QED) is 0.228. The van der Waals surface area contributed by atoms with E-state index in [2.05, 4.69) is 135 Å². The van der Waals surface area contributed by atoms with Crippen molar-refractivity contribution in [3.63, 3.8) is 0 Å². The van der Waals surface area contributed by atoms with Gasteiger partial charge in [-0.15, -0.1) is 0 Å². The lowest BCUT2D eigenvalue weighted by Gasteiger charge is -2.60. The Morgan fingerprint density at radius 3 is 1.45 bits per heavy atom. The van der Waals surface area contributed by atoms with Gasteiger partial charge in [0.05, 0.1) is 37.9 Å². The first-order chi connectivity index (χ1) is 42.0. The Bertz CT molecular complexity index is 3420. The number of hydrogen-bond donors (Lipinski definition) is 3. The molecule has 460 valence electrons. The number of benzene rings is 3. The number of aliphatic hydroxyl groups excluding tert-OH is 3. The van der Waals surface area contributed by atoms with E-state index in [1.54, 1.807) is 27.9 Å². The lowest BCUT2D eigenvalue weighted by atomic mass is 9.44. The highest BCUT2D eigenvalue weighted by molar-refractivity contribution is 5.87. The molecule has 12 aliphatic carbocycles. The summed E-state index contributed by atoms with van der Waals surface area (Å²) < 4.78 is 0. The summed E-state index contributed by atoms with van der Waals surface area (Å²) in [5.41, 5.74) is 21.3. The van der Waals surface area contributed by atoms with Crippen LogP contribution in [0.4, 0.5) is 0 Å². The van der Waals surface area contributed by atoms with Crippen molar-refractivity contribution in [2.24, 2.45) is 107 Å². The van der Waals surface area contributed by atoms with E-state index < -0.39 is 0 Å². The van der Waals surface area contributed by atoms with E-state index in [1.807, 2.05) is 18.6 Å². The SMILES string of the molecule is C[C@]12CC[C@@H](O)CC1=CC[C@@H]1[C@@H]2CC[C@]2(C)C(c3ccc4c(c3)CN=C4)=CC[C@@H]12.C[C@]12CC[C@@H](O)C[C@@H]1CC[C@@H]1[C@@H]2CC[C@]2(C)C(c3ccc4c(c3)CN=C4)=CC[C@@H]12.C[C@]12CC[C@H]3[C@@H](CC=C4C[C@H](O)CC[C@@]43C)[C@@H]1CC[C@@H]2c1ccc2c(c1)CN=C2. The third-order valence-corrected chi connectivity index (χ3v) is 29.9. The van der Waals surface area contributed by atoms with Crippen LogP contribution in [-0.4, -0.2) is 52.3 Å². The summed E-state index contributed by atoms with van der Waals surface area (Å²) >= 11 is 0. The van der Waals surface area contributed by atoms with Crippen LogP contribution >= 0.6 is 0 Å². The zero-order valence-electron chi connectivity index (χ0n) is 53.9. The van der Waals surface area contributed by atoms with Crippen LogP contribution < -0.4 is 0 Å². The van der Waals surface area contributed by atoms with Gasteiger partial charge in [0.25, 0.3) is 0 Å². The van der Waals surface area contributed by atoms with Crippen LogP contribution in [0.3, 0.4) is 0 Å². The normalized spacial score (nSPS) is 44.3. The van der Waals surface area contributed by atoms with Gasteiger partial charge in [-0.25, -0.2) is 0 Å². The van der Waals surface area contributed by atoms with Gasteiger partial charge in [-0.05, 0) is 319 Å². The van der Waals surface area contributed by atoms with E-state index in [0.29, 0.717) is 38.4 Å². The predicted molar refractivity (Wildman–Crippen MR) is 356 cm³/mol. The van der Waals surface area contributed by atoms with Gasteiger partial charge >= 0.3 is 0 Å². The van der Waals surface area contributed by atoms with Gasteiger partial charge in [0.1, 0.15) is 0 Å². The predicted octanol–water partition coefficient (Wildman–Crippen LogP) is 18.0. The molecule has 3 aromatic rings. The molecule has 8 saturated carbocycles. The maximum atomic E-state index is 10.3. The fourth-order valence-electron chi connectivity index (χ4n) is 25.0. The summed E-state index contributed by atoms with van der Waals surface area (Å²) in [7, 11) is 0. The number of nitrogens with zero attached hydrogens (tertiary/aromatic N) is 3. The molecule has 0 aromatic heterocycles. The molecule has 0 spiro atoms. The monoisotopic (exact) mass is 1170 g/mol. The van der Waals surface area contributed by atoms with Crippen molar-refractivity contribution in [3.05, 3.63) is 140 Å². The molecule has 15 aliphatic rings. The molecule has 20 atom stereocenters. The average Bonchev–Trinajstić information content (AvgIpc) is 1.81. The fraction of sp³-hybridized carbons (Fsp3) is 0.642. The molecule has 87 heavy (non-hydrogen) atoms. The van der Waals surface area contributed by atoms with Crippen molar-refractivity contribution in [1.82, 2.24) is 0 Å². The van der Waals surface area contributed by atoms with E-state index in [9.17, 15) is 15.3 Å². The van der Waals surface area contributed by atoms with Crippen LogP contribution in [0.15, 0.2) is 105 Å². The topological polar surface area (TPSA) is 97.8 Å². The standard InChI is InChI=1S/2C27H35NO.C27H33NO/c3*1-26-11-9-21(29)14-20(26)5-6-22-24-8-7-23(27(24,2)12-10-25(22)26)17-3-4-18-15-28-16-19(18)13-17/h3-4,7,13,15,20-22,24-25,29H,5-6,8-12,14,16H2,1-2H3;3-5,13,15,21-25,29H,6-12,14,16H2,1-2H3;3-5,7,13,15,21-22,24-25,29H,6,8-12,14,16H2,1-2H3/t20-,21+,22-,24-,25-,26-,27+;21-,22+,23-,24+,25+,26+,27-;21-,22+,24+,25+,26+,27-/m011/s1. The van der Waals surface area contributed by atoms with Gasteiger partial charge in [-0.2, -0.15) is 0 Å². The van der Waals surface area contributed by atoms with Crippen molar-refractivity contribution in [1.29, 1.82) is 0 Å². The minimum absolute atomic E-state index is 0.0398. The molecular weight excluding hydrogens is 1060 g/mol. The van der Waals surface area contributed by atoms with Crippen LogP contribution in [0.25, 0.3) is 11.1 Å². The van der Waals surface area contributed by atoms with Crippen molar-refractivity contribution < 1.29 is 15.3 Å². The summed E-state index contributed by atoms with van der Waals surface area (Å²) in [5.74, 6) is 8.92. The Morgan fingerprint density at radius 1 is 0.391 bits per heavy atom. The van der Waals surface area contributed by atoms with Crippen molar-refractivity contribution in [2.75, 3.05) is 0 Å². The lowest BCUT2D eigenvalue weighted by Crippen LogP contribution is -2.53. The molecule has 18 rings (SSSR count). The fourth-order valence-corrected chi connectivity index (χ4v) is 25.0. The van der Waals surface area contributed by atoms with Crippen LogP contribution in [-0.2, 0) is 19.6 Å². The highest BCUT2D eigenvalue weighted by Crippen LogP contribution is 2.71. The highest BCUT2D eigenvalue weighted by Gasteiger charge is 2.62. The zero-order chi connectivity index (χ0) is 59.4. The summed E-state index contributed by atoms with van der Waals surface area (Å²) in [6.07, 6.45) is 44.3. The Labute approximate surface area is 522 Å². The van der Waals surface area contributed by atoms with Crippen molar-refractivity contribution in [3.8, 4) is 0 Å². The van der Waals surface area contributed by atoms with E-state index >= 15 is 0 Å². The Hall–Kier alpha value is -4.49. The van der Waals surface area contributed by atoms with Gasteiger partial charge in [0, 0.05) is 18.6 Å². The highest BCUT2D eigenvalue weighted by atomic mass is 16.3. The van der Waals surface area contributed by atoms with Gasteiger partial charge in [-0.1, -0.05) is 119 Å². The molecule has 3 heterocycles. The minimum atomic E-state index is -0.108. The first-order valence-corrected chi connectivity index (χ1v) is 35.7. The second-order valence-electron chi connectivity index (χ2n) is 33.4. The molecule has 0 bridgehead atoms. The number of aliphatic hydroxyl groups is 3. The summed E-state index contributed by atoms with van der Waals surface area (Å²) in [4.78, 5) is 13.4. The van der Waals surface area contributed by atoms with E-state index in [-0.39, 0.29) is 18.3 Å². The second kappa shape index (κ2) is 21.3. The third-order valence-electron chi connectivity index (χ3n) is 29.9. The summed E-state index contributed by atoms with van der Waals surface area (Å²) in [5, 5.41) is 30.7. The maximum Gasteiger partial charge on any atom is 0.0646 e. The molecule has 0 radical (unpaired) electrons. The lowest BCUT2D eigenvalue weighted by molar-refractivity contribution is -0.115. The Balaban J connectivity index is 0.000000106. The average molecular weight is 1170 g/mol. The number of hydrogen-bond acceptors (Lipinski definition) is 6. The third kappa shape index (κ3) is 9.06. The van der Waals surface area contributed by atoms with Gasteiger partial charge < -0.3 is 15.3 Å². The van der Waals surface area contributed by atoms with Crippen LogP contribution in [0.1, 0.15) is 245 Å². The molecule has 0 saturated heterocycles. The molecule has 6 nitrogen and oxygen atoms in total. The number of aliphatic imine (C=N–C) groups is 3. The van der Waals surface area contributed by atoms with Crippen molar-refractivity contribution in [2.45, 2.75) is 233 Å². The van der Waals surface area contributed by atoms with Gasteiger partial charge in [0.2, 0.25) is 0 Å². The van der Waals surface area contributed by atoms with Crippen LogP contribution in [0, 0.1) is 91.7 Å². The molecule has 3 N–H and O–H groups in total. The first-order valence-electron chi connectivity index (χ1n) is 35.7. The molecule has 3 aliphatic heterocycles. The summed E-state index contributed by atoms with van der Waals surface area (Å²) in [6.45, 7) is 18.0. The van der Waals surface area contributed by atoms with Gasteiger partial charge in [-0.3, -0.25) is 15.0 Å². The van der Waals surface area contributed by atoms with Crippen molar-refractivity contribution >= 4 is 29.8 Å². The number of rotatable bonds is 3. The number of allylic oxidation sites excluding steroid dienone is 6. The number of fused-ring (bicyclic) bond motifs is 18. The molecule has 0 amide bonds.